The van der Waals surface area contributed by atoms with Gasteiger partial charge in [-0.3, -0.25) is 0 Å². The lowest BCUT2D eigenvalue weighted by atomic mass is 9.79. The summed E-state index contributed by atoms with van der Waals surface area (Å²) in [5.41, 5.74) is 3.68. The van der Waals surface area contributed by atoms with Crippen LogP contribution < -0.4 is 4.74 Å². The molecule has 1 atom stereocenters. The van der Waals surface area contributed by atoms with Gasteiger partial charge in [0.1, 0.15) is 5.75 Å². The highest BCUT2D eigenvalue weighted by Crippen LogP contribution is 2.46. The number of nitrogens with zero attached hydrogens (tertiary/aromatic N) is 1. The van der Waals surface area contributed by atoms with E-state index < -0.39 is 0 Å². The number of hydrogen-bond acceptors (Lipinski definition) is 2. The third kappa shape index (κ3) is 2.27. The number of fused-ring (bicyclic) bond motifs is 3. The van der Waals surface area contributed by atoms with Crippen molar-refractivity contribution in [2.24, 2.45) is 0 Å². The summed E-state index contributed by atoms with van der Waals surface area (Å²) in [7, 11) is 2.11. The third-order valence-electron chi connectivity index (χ3n) is 4.27. The van der Waals surface area contributed by atoms with E-state index in [1.807, 2.05) is 12.1 Å². The van der Waals surface area contributed by atoms with Gasteiger partial charge in [0, 0.05) is 30.3 Å². The average Bonchev–Trinajstić information content (AvgIpc) is 2.76. The van der Waals surface area contributed by atoms with E-state index in [9.17, 15) is 0 Å². The zero-order chi connectivity index (χ0) is 13.7. The second-order valence-corrected chi connectivity index (χ2v) is 6.24. The van der Waals surface area contributed by atoms with Crippen LogP contribution in [0.4, 0.5) is 0 Å². The maximum absolute atomic E-state index is 6.39. The van der Waals surface area contributed by atoms with Crippen LogP contribution >= 0.6 is 24.0 Å². The Kier molecular flexibility index (Phi) is 3.54. The molecular formula is C17H17Cl2NO. The Morgan fingerprint density at radius 3 is 3.05 bits per heavy atom. The van der Waals surface area contributed by atoms with E-state index in [1.54, 1.807) is 0 Å². The molecule has 0 radical (unpaired) electrons. The first kappa shape index (κ1) is 14.6. The van der Waals surface area contributed by atoms with Crippen molar-refractivity contribution < 1.29 is 4.74 Å². The molecule has 0 saturated heterocycles. The van der Waals surface area contributed by atoms with Gasteiger partial charge in [-0.2, -0.15) is 0 Å². The molecule has 0 N–H and O–H groups in total. The van der Waals surface area contributed by atoms with E-state index in [2.05, 4.69) is 42.4 Å². The van der Waals surface area contributed by atoms with Crippen LogP contribution in [-0.4, -0.2) is 24.1 Å². The Morgan fingerprint density at radius 1 is 1.33 bits per heavy atom. The Bertz CT molecular complexity index is 677. The molecule has 110 valence electrons. The molecule has 2 aliphatic heterocycles. The van der Waals surface area contributed by atoms with Crippen molar-refractivity contribution in [3.8, 4) is 5.75 Å². The lowest BCUT2D eigenvalue weighted by Gasteiger charge is -2.41. The maximum Gasteiger partial charge on any atom is 0.156 e. The molecule has 1 aromatic rings. The number of ether oxygens (including phenoxy) is 1. The summed E-state index contributed by atoms with van der Waals surface area (Å²) < 4.78 is 6.39. The molecule has 2 nitrogen and oxygen atoms in total. The molecule has 21 heavy (non-hydrogen) atoms. The smallest absolute Gasteiger partial charge is 0.156 e. The largest absolute Gasteiger partial charge is 0.480 e. The van der Waals surface area contributed by atoms with Crippen LogP contribution in [0.3, 0.4) is 0 Å². The standard InChI is InChI=1S/C17H16ClNO.ClH/c1-19-10-13-4-2-3-5-15(13)17(11-19)9-12-6-7-14(18)8-16(12)20-17;/h2-3,5-8,10H,4,9,11H2,1H3;1H. The minimum Gasteiger partial charge on any atom is -0.480 e. The predicted molar refractivity (Wildman–Crippen MR) is 88.3 cm³/mol. The molecule has 0 saturated carbocycles. The lowest BCUT2D eigenvalue weighted by Crippen LogP contribution is -2.49. The van der Waals surface area contributed by atoms with Crippen LogP contribution in [0.2, 0.25) is 5.02 Å². The number of halogens is 2. The van der Waals surface area contributed by atoms with Crippen LogP contribution in [0.1, 0.15) is 12.0 Å². The fourth-order valence-corrected chi connectivity index (χ4v) is 3.67. The van der Waals surface area contributed by atoms with Gasteiger partial charge in [-0.15, -0.1) is 12.4 Å². The van der Waals surface area contributed by atoms with Crippen molar-refractivity contribution in [2.75, 3.05) is 13.6 Å². The van der Waals surface area contributed by atoms with Crippen molar-refractivity contribution in [2.45, 2.75) is 18.4 Å². The summed E-state index contributed by atoms with van der Waals surface area (Å²) in [6, 6.07) is 5.97. The topological polar surface area (TPSA) is 12.5 Å². The molecule has 1 aliphatic carbocycles. The normalized spacial score (nSPS) is 25.5. The molecule has 1 spiro atoms. The van der Waals surface area contributed by atoms with Gasteiger partial charge in [0.2, 0.25) is 0 Å². The fraction of sp³-hybridized carbons (Fsp3) is 0.294. The first-order valence-corrected chi connectivity index (χ1v) is 7.30. The second-order valence-electron chi connectivity index (χ2n) is 5.81. The molecule has 4 heteroatoms. The molecule has 1 unspecified atom stereocenters. The Hall–Kier alpha value is -1.38. The second kappa shape index (κ2) is 5.11. The Balaban J connectivity index is 0.00000132. The van der Waals surface area contributed by atoms with Crippen molar-refractivity contribution in [1.29, 1.82) is 0 Å². The zero-order valence-electron chi connectivity index (χ0n) is 11.8. The molecule has 3 aliphatic rings. The molecule has 2 heterocycles. The minimum absolute atomic E-state index is 0. The van der Waals surface area contributed by atoms with Gasteiger partial charge in [-0.25, -0.2) is 0 Å². The highest BCUT2D eigenvalue weighted by molar-refractivity contribution is 6.30. The zero-order valence-corrected chi connectivity index (χ0v) is 13.4. The van der Waals surface area contributed by atoms with Gasteiger partial charge in [0.05, 0.1) is 6.54 Å². The van der Waals surface area contributed by atoms with Crippen LogP contribution in [0.5, 0.6) is 5.75 Å². The first-order valence-electron chi connectivity index (χ1n) is 6.92. The van der Waals surface area contributed by atoms with Crippen LogP contribution in [0.25, 0.3) is 0 Å². The fourth-order valence-electron chi connectivity index (χ4n) is 3.50. The number of hydrogen-bond donors (Lipinski definition) is 0. The molecule has 0 aromatic heterocycles. The number of rotatable bonds is 0. The Morgan fingerprint density at radius 2 is 2.19 bits per heavy atom. The van der Waals surface area contributed by atoms with Crippen LogP contribution in [-0.2, 0) is 6.42 Å². The maximum atomic E-state index is 6.39. The van der Waals surface area contributed by atoms with Crippen molar-refractivity contribution in [1.82, 2.24) is 4.90 Å². The van der Waals surface area contributed by atoms with E-state index in [1.165, 1.54) is 16.7 Å². The summed E-state index contributed by atoms with van der Waals surface area (Å²) in [5.74, 6) is 0.933. The van der Waals surface area contributed by atoms with Gasteiger partial charge < -0.3 is 9.64 Å². The van der Waals surface area contributed by atoms with E-state index in [4.69, 9.17) is 16.3 Å². The summed E-state index contributed by atoms with van der Waals surface area (Å²) in [6.07, 6.45) is 10.7. The van der Waals surface area contributed by atoms with Gasteiger partial charge >= 0.3 is 0 Å². The molecular weight excluding hydrogens is 305 g/mol. The Labute approximate surface area is 136 Å². The highest BCUT2D eigenvalue weighted by atomic mass is 35.5. The van der Waals surface area contributed by atoms with E-state index in [-0.39, 0.29) is 18.0 Å². The predicted octanol–water partition coefficient (Wildman–Crippen LogP) is 4.15. The van der Waals surface area contributed by atoms with Crippen LogP contribution in [0, 0.1) is 0 Å². The third-order valence-corrected chi connectivity index (χ3v) is 4.50. The van der Waals surface area contributed by atoms with Gasteiger partial charge in [0.15, 0.2) is 5.60 Å². The minimum atomic E-state index is -0.253. The molecule has 0 amide bonds. The number of allylic oxidation sites excluding steroid dienone is 3. The molecule has 4 rings (SSSR count). The summed E-state index contributed by atoms with van der Waals surface area (Å²) >= 11 is 6.09. The van der Waals surface area contributed by atoms with Gasteiger partial charge in [-0.1, -0.05) is 35.9 Å². The van der Waals surface area contributed by atoms with Crippen LogP contribution in [0.15, 0.2) is 53.8 Å². The van der Waals surface area contributed by atoms with Crippen molar-refractivity contribution in [3.05, 3.63) is 64.4 Å². The SMILES string of the molecule is CN1C=C2CC=CC=C2C2(Cc3ccc(Cl)cc3O2)C1.Cl. The lowest BCUT2D eigenvalue weighted by molar-refractivity contribution is 0.0988. The number of likely N-dealkylation sites (N-methyl/N-ethyl adjacent to an activating group) is 1. The summed E-state index contributed by atoms with van der Waals surface area (Å²) in [6.45, 7) is 0.877. The van der Waals surface area contributed by atoms with Gasteiger partial charge in [-0.05, 0) is 29.7 Å². The molecule has 1 aromatic carbocycles. The van der Waals surface area contributed by atoms with E-state index >= 15 is 0 Å². The van der Waals surface area contributed by atoms with E-state index in [0.29, 0.717) is 0 Å². The van der Waals surface area contributed by atoms with E-state index in [0.717, 1.165) is 30.2 Å². The number of benzene rings is 1. The van der Waals surface area contributed by atoms with Gasteiger partial charge in [0.25, 0.3) is 0 Å². The van der Waals surface area contributed by atoms with Crippen molar-refractivity contribution in [3.63, 3.8) is 0 Å². The molecule has 0 fully saturated rings. The highest BCUT2D eigenvalue weighted by Gasteiger charge is 2.46. The summed E-state index contributed by atoms with van der Waals surface area (Å²) in [4.78, 5) is 2.24. The quantitative estimate of drug-likeness (QED) is 0.711. The average molecular weight is 322 g/mol. The van der Waals surface area contributed by atoms with Crippen molar-refractivity contribution >= 4 is 24.0 Å². The summed E-state index contributed by atoms with van der Waals surface area (Å²) in [5, 5.41) is 0.734. The first-order chi connectivity index (χ1) is 9.66. The monoisotopic (exact) mass is 321 g/mol. The molecule has 0 bridgehead atoms.